The minimum absolute atomic E-state index is 0.254. The first-order chi connectivity index (χ1) is 18.4. The second-order valence-corrected chi connectivity index (χ2v) is 11.1. The standard InChI is InChI=1S/C30H31FN4O2S/c1-2-34-38(36,37)27-9-3-22(4-10-27)13-18-35-19-14-23(15-20-35)28-21-33-30(25-5-7-26(31)8-6-25)29(28)24-11-16-32-17-12-24/h3-12,14,16-17,21,33-34H,2,13,15,18-20H2,1H3. The average molecular weight is 531 g/mol. The lowest BCUT2D eigenvalue weighted by Gasteiger charge is -2.26. The summed E-state index contributed by atoms with van der Waals surface area (Å²) in [6, 6.07) is 17.7. The van der Waals surface area contributed by atoms with Gasteiger partial charge in [0.05, 0.1) is 10.6 Å². The van der Waals surface area contributed by atoms with Gasteiger partial charge in [0.15, 0.2) is 0 Å². The van der Waals surface area contributed by atoms with Crippen molar-refractivity contribution in [1.29, 1.82) is 0 Å². The zero-order valence-electron chi connectivity index (χ0n) is 21.3. The van der Waals surface area contributed by atoms with Crippen LogP contribution in [0.2, 0.25) is 0 Å². The molecule has 0 radical (unpaired) electrons. The molecule has 0 unspecified atom stereocenters. The highest BCUT2D eigenvalue weighted by Gasteiger charge is 2.21. The quantitative estimate of drug-likeness (QED) is 0.299. The van der Waals surface area contributed by atoms with Gasteiger partial charge in [-0.2, -0.15) is 0 Å². The van der Waals surface area contributed by atoms with Gasteiger partial charge in [0.1, 0.15) is 5.82 Å². The zero-order valence-corrected chi connectivity index (χ0v) is 22.1. The van der Waals surface area contributed by atoms with Gasteiger partial charge in [0, 0.05) is 55.9 Å². The molecule has 1 aliphatic heterocycles. The molecular weight excluding hydrogens is 499 g/mol. The maximum atomic E-state index is 13.6. The van der Waals surface area contributed by atoms with Crippen LogP contribution in [0.15, 0.2) is 90.2 Å². The molecule has 0 bridgehead atoms. The van der Waals surface area contributed by atoms with Crippen molar-refractivity contribution in [3.05, 3.63) is 102 Å². The Morgan fingerprint density at radius 1 is 1.00 bits per heavy atom. The first kappa shape index (κ1) is 26.0. The lowest BCUT2D eigenvalue weighted by Crippen LogP contribution is -2.30. The molecular formula is C30H31FN4O2S. The fraction of sp³-hybridized carbons (Fsp3) is 0.233. The molecule has 3 heterocycles. The molecule has 2 aromatic carbocycles. The number of rotatable bonds is 9. The summed E-state index contributed by atoms with van der Waals surface area (Å²) < 4.78 is 40.4. The van der Waals surface area contributed by atoms with Crippen molar-refractivity contribution in [2.45, 2.75) is 24.7 Å². The number of halogens is 1. The number of H-pyrrole nitrogens is 1. The van der Waals surface area contributed by atoms with Gasteiger partial charge in [-0.05, 0) is 83.6 Å². The number of aromatic amines is 1. The number of nitrogens with one attached hydrogen (secondary N) is 2. The van der Waals surface area contributed by atoms with Crippen LogP contribution in [0.25, 0.3) is 28.0 Å². The topological polar surface area (TPSA) is 78.1 Å². The Hall–Kier alpha value is -3.59. The Morgan fingerprint density at radius 2 is 1.74 bits per heavy atom. The first-order valence-corrected chi connectivity index (χ1v) is 14.3. The average Bonchev–Trinajstić information content (AvgIpc) is 3.38. The highest BCUT2D eigenvalue weighted by atomic mass is 32.2. The molecule has 2 aromatic heterocycles. The van der Waals surface area contributed by atoms with Gasteiger partial charge in [-0.1, -0.05) is 25.1 Å². The molecule has 4 aromatic rings. The predicted octanol–water partition coefficient (Wildman–Crippen LogP) is 5.51. The van der Waals surface area contributed by atoms with Crippen LogP contribution in [-0.2, 0) is 16.4 Å². The third-order valence-corrected chi connectivity index (χ3v) is 8.47. The maximum absolute atomic E-state index is 13.6. The van der Waals surface area contributed by atoms with E-state index >= 15 is 0 Å². The first-order valence-electron chi connectivity index (χ1n) is 12.8. The van der Waals surface area contributed by atoms with Crippen LogP contribution in [0.5, 0.6) is 0 Å². The molecule has 0 saturated heterocycles. The van der Waals surface area contributed by atoms with Gasteiger partial charge in [-0.3, -0.25) is 9.88 Å². The van der Waals surface area contributed by atoms with E-state index in [9.17, 15) is 12.8 Å². The molecule has 2 N–H and O–H groups in total. The summed E-state index contributed by atoms with van der Waals surface area (Å²) in [7, 11) is -3.43. The number of aromatic nitrogens is 2. The van der Waals surface area contributed by atoms with Crippen molar-refractivity contribution in [2.75, 3.05) is 26.2 Å². The van der Waals surface area contributed by atoms with Gasteiger partial charge < -0.3 is 4.98 Å². The van der Waals surface area contributed by atoms with E-state index in [0.717, 1.165) is 66.0 Å². The largest absolute Gasteiger partial charge is 0.360 e. The van der Waals surface area contributed by atoms with Gasteiger partial charge in [-0.25, -0.2) is 17.5 Å². The molecule has 0 atom stereocenters. The summed E-state index contributed by atoms with van der Waals surface area (Å²) in [6.45, 7) is 4.81. The summed E-state index contributed by atoms with van der Waals surface area (Å²) >= 11 is 0. The number of benzene rings is 2. The minimum Gasteiger partial charge on any atom is -0.360 e. The molecule has 5 rings (SSSR count). The van der Waals surface area contributed by atoms with Crippen molar-refractivity contribution in [2.24, 2.45) is 0 Å². The Bertz CT molecular complexity index is 1510. The van der Waals surface area contributed by atoms with E-state index in [4.69, 9.17) is 0 Å². The van der Waals surface area contributed by atoms with Crippen LogP contribution < -0.4 is 4.72 Å². The van der Waals surface area contributed by atoms with E-state index in [1.807, 2.05) is 24.3 Å². The number of nitrogens with zero attached hydrogens (tertiary/aromatic N) is 2. The second-order valence-electron chi connectivity index (χ2n) is 9.37. The fourth-order valence-electron chi connectivity index (χ4n) is 4.89. The summed E-state index contributed by atoms with van der Waals surface area (Å²) in [6.07, 6.45) is 9.70. The Labute approximate surface area is 223 Å². The third-order valence-electron chi connectivity index (χ3n) is 6.91. The normalized spacial score (nSPS) is 14.4. The fourth-order valence-corrected chi connectivity index (χ4v) is 5.94. The summed E-state index contributed by atoms with van der Waals surface area (Å²) in [5, 5.41) is 0. The SMILES string of the molecule is CCNS(=O)(=O)c1ccc(CCN2CC=C(c3c[nH]c(-c4ccc(F)cc4)c3-c3ccncc3)CC2)cc1. The van der Waals surface area contributed by atoms with Crippen LogP contribution >= 0.6 is 0 Å². The molecule has 1 aliphatic rings. The van der Waals surface area contributed by atoms with Gasteiger partial charge in [0.2, 0.25) is 10.0 Å². The monoisotopic (exact) mass is 530 g/mol. The molecule has 8 heteroatoms. The van der Waals surface area contributed by atoms with Crippen molar-refractivity contribution < 1.29 is 12.8 Å². The maximum Gasteiger partial charge on any atom is 0.240 e. The van der Waals surface area contributed by atoms with Crippen LogP contribution in [0.1, 0.15) is 24.5 Å². The van der Waals surface area contributed by atoms with Crippen molar-refractivity contribution >= 4 is 15.6 Å². The second kappa shape index (κ2) is 11.4. The van der Waals surface area contributed by atoms with Gasteiger partial charge >= 0.3 is 0 Å². The van der Waals surface area contributed by atoms with E-state index in [0.29, 0.717) is 11.4 Å². The molecule has 0 spiro atoms. The molecule has 196 valence electrons. The number of hydrogen-bond donors (Lipinski definition) is 2. The van der Waals surface area contributed by atoms with Crippen molar-refractivity contribution in [1.82, 2.24) is 19.6 Å². The summed E-state index contributed by atoms with van der Waals surface area (Å²) in [5.74, 6) is -0.254. The minimum atomic E-state index is -3.43. The van der Waals surface area contributed by atoms with E-state index in [-0.39, 0.29) is 5.82 Å². The third kappa shape index (κ3) is 5.78. The summed E-state index contributed by atoms with van der Waals surface area (Å²) in [5.41, 5.74) is 7.64. The van der Waals surface area contributed by atoms with Gasteiger partial charge in [0.25, 0.3) is 0 Å². The zero-order chi connectivity index (χ0) is 26.5. The number of sulfonamides is 1. The van der Waals surface area contributed by atoms with Crippen LogP contribution in [-0.4, -0.2) is 49.5 Å². The van der Waals surface area contributed by atoms with E-state index < -0.39 is 10.0 Å². The Morgan fingerprint density at radius 3 is 2.39 bits per heavy atom. The Kier molecular flexibility index (Phi) is 7.83. The molecule has 0 amide bonds. The van der Waals surface area contributed by atoms with Crippen molar-refractivity contribution in [3.63, 3.8) is 0 Å². The van der Waals surface area contributed by atoms with Gasteiger partial charge in [-0.15, -0.1) is 0 Å². The van der Waals surface area contributed by atoms with E-state index in [2.05, 4.69) is 31.9 Å². The highest BCUT2D eigenvalue weighted by molar-refractivity contribution is 7.89. The highest BCUT2D eigenvalue weighted by Crippen LogP contribution is 2.39. The summed E-state index contributed by atoms with van der Waals surface area (Å²) in [4.78, 5) is 10.3. The number of pyridine rings is 1. The molecule has 0 aliphatic carbocycles. The number of hydrogen-bond acceptors (Lipinski definition) is 4. The molecule has 0 fully saturated rings. The smallest absolute Gasteiger partial charge is 0.240 e. The molecule has 0 saturated carbocycles. The van der Waals surface area contributed by atoms with Crippen LogP contribution in [0.3, 0.4) is 0 Å². The lowest BCUT2D eigenvalue weighted by molar-refractivity contribution is 0.306. The Balaban J connectivity index is 1.30. The van der Waals surface area contributed by atoms with Crippen LogP contribution in [0, 0.1) is 5.82 Å². The molecule has 38 heavy (non-hydrogen) atoms. The van der Waals surface area contributed by atoms with Crippen molar-refractivity contribution in [3.8, 4) is 22.4 Å². The lowest BCUT2D eigenvalue weighted by atomic mass is 9.92. The van der Waals surface area contributed by atoms with E-state index in [1.54, 1.807) is 43.6 Å². The molecule has 6 nitrogen and oxygen atoms in total. The van der Waals surface area contributed by atoms with E-state index in [1.165, 1.54) is 17.7 Å². The predicted molar refractivity (Wildman–Crippen MR) is 149 cm³/mol. The van der Waals surface area contributed by atoms with Crippen LogP contribution in [0.4, 0.5) is 4.39 Å².